The lowest BCUT2D eigenvalue weighted by Crippen LogP contribution is -2.54. The highest BCUT2D eigenvalue weighted by molar-refractivity contribution is 14.0. The normalized spacial score (nSPS) is 17.6. The first-order valence-electron chi connectivity index (χ1n) is 10.9. The topological polar surface area (TPSA) is 64.3 Å². The van der Waals surface area contributed by atoms with Gasteiger partial charge in [-0.25, -0.2) is 4.99 Å². The fraction of sp³-hybridized carbons (Fsp3) is 0.545. The summed E-state index contributed by atoms with van der Waals surface area (Å²) in [5, 5.41) is 5.61. The zero-order valence-corrected chi connectivity index (χ0v) is 21.0. The summed E-state index contributed by atoms with van der Waals surface area (Å²) >= 11 is 1.73. The lowest BCUT2D eigenvalue weighted by Gasteiger charge is -2.36. The van der Waals surface area contributed by atoms with Crippen LogP contribution in [0, 0.1) is 0 Å². The van der Waals surface area contributed by atoms with E-state index in [9.17, 15) is 4.79 Å². The number of hydrogen-bond acceptors (Lipinski definition) is 5. The lowest BCUT2D eigenvalue weighted by molar-refractivity contribution is -0.131. The van der Waals surface area contributed by atoms with Crippen LogP contribution in [0.15, 0.2) is 45.3 Å². The number of guanidine groups is 1. The van der Waals surface area contributed by atoms with E-state index in [2.05, 4.69) is 32.6 Å². The van der Waals surface area contributed by atoms with Crippen LogP contribution in [0.1, 0.15) is 23.5 Å². The van der Waals surface area contributed by atoms with Crippen molar-refractivity contribution in [2.45, 2.75) is 25.8 Å². The molecule has 2 aromatic heterocycles. The molecule has 0 spiro atoms. The highest BCUT2D eigenvalue weighted by Crippen LogP contribution is 2.12. The molecule has 0 aliphatic carbocycles. The SMILES string of the molecule is I.O=C(CN1CCN(C(=NCc2cccs2)NCCc2ccco2)CC1)N1CCCC1. The van der Waals surface area contributed by atoms with Gasteiger partial charge >= 0.3 is 0 Å². The maximum absolute atomic E-state index is 12.4. The third-order valence-corrected chi connectivity index (χ3v) is 6.55. The second kappa shape index (κ2) is 12.4. The first-order chi connectivity index (χ1) is 14.8. The van der Waals surface area contributed by atoms with Crippen molar-refractivity contribution in [3.63, 3.8) is 0 Å². The number of nitrogens with zero attached hydrogens (tertiary/aromatic N) is 4. The van der Waals surface area contributed by atoms with E-state index in [4.69, 9.17) is 9.41 Å². The summed E-state index contributed by atoms with van der Waals surface area (Å²) in [4.78, 5) is 25.2. The van der Waals surface area contributed by atoms with Gasteiger partial charge < -0.3 is 19.5 Å². The van der Waals surface area contributed by atoms with Gasteiger partial charge in [0.2, 0.25) is 5.91 Å². The van der Waals surface area contributed by atoms with Crippen LogP contribution in [0.5, 0.6) is 0 Å². The minimum Gasteiger partial charge on any atom is -0.469 e. The van der Waals surface area contributed by atoms with Gasteiger partial charge in [-0.1, -0.05) is 6.07 Å². The van der Waals surface area contributed by atoms with Crippen LogP contribution in [0.3, 0.4) is 0 Å². The number of carbonyl (C=O) groups excluding carboxylic acids is 1. The van der Waals surface area contributed by atoms with E-state index in [0.717, 1.165) is 76.8 Å². The Morgan fingerprint density at radius 3 is 2.55 bits per heavy atom. The molecule has 2 aliphatic heterocycles. The molecule has 31 heavy (non-hydrogen) atoms. The van der Waals surface area contributed by atoms with E-state index < -0.39 is 0 Å². The monoisotopic (exact) mass is 557 g/mol. The second-order valence-corrected chi connectivity index (χ2v) is 8.86. The Morgan fingerprint density at radius 1 is 1.06 bits per heavy atom. The van der Waals surface area contributed by atoms with E-state index in [-0.39, 0.29) is 29.9 Å². The number of nitrogens with one attached hydrogen (secondary N) is 1. The minimum atomic E-state index is 0. The average Bonchev–Trinajstić information content (AvgIpc) is 3.55. The third-order valence-electron chi connectivity index (χ3n) is 5.69. The van der Waals surface area contributed by atoms with Crippen LogP contribution >= 0.6 is 35.3 Å². The number of likely N-dealkylation sites (tertiary alicyclic amines) is 1. The average molecular weight is 558 g/mol. The van der Waals surface area contributed by atoms with Crippen LogP contribution in [0.2, 0.25) is 0 Å². The summed E-state index contributed by atoms with van der Waals surface area (Å²) < 4.78 is 5.44. The van der Waals surface area contributed by atoms with Crippen LogP contribution in [0.4, 0.5) is 0 Å². The van der Waals surface area contributed by atoms with Gasteiger partial charge in [-0.15, -0.1) is 35.3 Å². The van der Waals surface area contributed by atoms with E-state index >= 15 is 0 Å². The Morgan fingerprint density at radius 2 is 1.87 bits per heavy atom. The molecule has 9 heteroatoms. The molecule has 0 atom stereocenters. The molecule has 0 saturated carbocycles. The second-order valence-electron chi connectivity index (χ2n) is 7.83. The van der Waals surface area contributed by atoms with E-state index in [0.29, 0.717) is 13.1 Å². The zero-order valence-electron chi connectivity index (χ0n) is 17.9. The summed E-state index contributed by atoms with van der Waals surface area (Å²) in [5.41, 5.74) is 0. The maximum Gasteiger partial charge on any atom is 0.236 e. The van der Waals surface area contributed by atoms with Crippen molar-refractivity contribution in [3.8, 4) is 0 Å². The van der Waals surface area contributed by atoms with Crippen molar-refractivity contribution in [2.24, 2.45) is 4.99 Å². The number of thiophene rings is 1. The number of piperazine rings is 1. The third kappa shape index (κ3) is 7.21. The largest absolute Gasteiger partial charge is 0.469 e. The summed E-state index contributed by atoms with van der Waals surface area (Å²) in [7, 11) is 0. The number of carbonyl (C=O) groups is 1. The van der Waals surface area contributed by atoms with Crippen molar-refractivity contribution in [3.05, 3.63) is 46.5 Å². The molecule has 2 aromatic rings. The molecule has 0 unspecified atom stereocenters. The van der Waals surface area contributed by atoms with Crippen LogP contribution < -0.4 is 5.32 Å². The number of hydrogen-bond donors (Lipinski definition) is 1. The molecule has 7 nitrogen and oxygen atoms in total. The zero-order chi connectivity index (χ0) is 20.6. The molecule has 2 aliphatic rings. The van der Waals surface area contributed by atoms with Gasteiger partial charge in [0.05, 0.1) is 19.4 Å². The quantitative estimate of drug-likeness (QED) is 0.323. The van der Waals surface area contributed by atoms with Crippen molar-refractivity contribution in [2.75, 3.05) is 52.4 Å². The standard InChI is InChI=1S/C22H31N5O2S.HI/c28-21(26-9-1-2-10-26)18-25-11-13-27(14-12-25)22(24-17-20-6-4-16-30-20)23-8-7-19-5-3-15-29-19;/h3-6,15-16H,1-2,7-14,17-18H2,(H,23,24);1H. The fourth-order valence-electron chi connectivity index (χ4n) is 3.95. The van der Waals surface area contributed by atoms with Crippen molar-refractivity contribution < 1.29 is 9.21 Å². The van der Waals surface area contributed by atoms with Gasteiger partial charge in [0.15, 0.2) is 5.96 Å². The Bertz CT molecular complexity index is 798. The maximum atomic E-state index is 12.4. The predicted octanol–water partition coefficient (Wildman–Crippen LogP) is 2.89. The molecule has 4 heterocycles. The van der Waals surface area contributed by atoms with Gasteiger partial charge in [-0.3, -0.25) is 9.69 Å². The number of rotatable bonds is 7. The van der Waals surface area contributed by atoms with Crippen molar-refractivity contribution >= 4 is 47.2 Å². The molecule has 1 N–H and O–H groups in total. The number of furan rings is 1. The van der Waals surface area contributed by atoms with Gasteiger partial charge in [0.25, 0.3) is 0 Å². The molecule has 4 rings (SSSR count). The number of halogens is 1. The van der Waals surface area contributed by atoms with Crippen LogP contribution in [0.25, 0.3) is 0 Å². The van der Waals surface area contributed by atoms with Gasteiger partial charge in [-0.2, -0.15) is 0 Å². The van der Waals surface area contributed by atoms with E-state index in [1.807, 2.05) is 17.0 Å². The van der Waals surface area contributed by atoms with Gasteiger partial charge in [-0.05, 0) is 36.4 Å². The summed E-state index contributed by atoms with van der Waals surface area (Å²) in [6.45, 7) is 7.40. The Labute approximate surface area is 205 Å². The molecular formula is C22H32IN5O2S. The molecule has 1 amide bonds. The summed E-state index contributed by atoms with van der Waals surface area (Å²) in [6, 6.07) is 8.11. The first kappa shape index (κ1) is 24.1. The molecular weight excluding hydrogens is 525 g/mol. The molecule has 170 valence electrons. The first-order valence-corrected chi connectivity index (χ1v) is 11.7. The van der Waals surface area contributed by atoms with Crippen molar-refractivity contribution in [1.29, 1.82) is 0 Å². The predicted molar refractivity (Wildman–Crippen MR) is 135 cm³/mol. The van der Waals surface area contributed by atoms with Gasteiger partial charge in [0.1, 0.15) is 5.76 Å². The Kier molecular flexibility index (Phi) is 9.66. The fourth-order valence-corrected chi connectivity index (χ4v) is 4.58. The van der Waals surface area contributed by atoms with Crippen LogP contribution in [-0.2, 0) is 17.8 Å². The highest BCUT2D eigenvalue weighted by atomic mass is 127. The Balaban J connectivity index is 0.00000272. The molecule has 0 bridgehead atoms. The van der Waals surface area contributed by atoms with Crippen molar-refractivity contribution in [1.82, 2.24) is 20.0 Å². The highest BCUT2D eigenvalue weighted by Gasteiger charge is 2.24. The van der Waals surface area contributed by atoms with E-state index in [1.165, 1.54) is 4.88 Å². The smallest absolute Gasteiger partial charge is 0.236 e. The molecule has 0 radical (unpaired) electrons. The molecule has 2 fully saturated rings. The van der Waals surface area contributed by atoms with Gasteiger partial charge in [0, 0.05) is 57.1 Å². The van der Waals surface area contributed by atoms with E-state index in [1.54, 1.807) is 17.6 Å². The minimum absolute atomic E-state index is 0. The molecule has 0 aromatic carbocycles. The number of aliphatic imine (C=N–C) groups is 1. The summed E-state index contributed by atoms with van der Waals surface area (Å²) in [6.07, 6.45) is 4.83. The summed E-state index contributed by atoms with van der Waals surface area (Å²) in [5.74, 6) is 2.20. The lowest BCUT2D eigenvalue weighted by atomic mass is 10.3. The Hall–Kier alpha value is -1.59. The number of amides is 1. The van der Waals surface area contributed by atoms with Crippen LogP contribution in [-0.4, -0.2) is 78.9 Å². The molecule has 2 saturated heterocycles.